The maximum Gasteiger partial charge on any atom is 0.262 e. The van der Waals surface area contributed by atoms with Crippen molar-refractivity contribution in [3.05, 3.63) is 72.8 Å². The van der Waals surface area contributed by atoms with E-state index in [1.807, 2.05) is 13.8 Å². The number of aryl methyl sites for hydroxylation is 2. The molecular weight excluding hydrogens is 428 g/mol. The minimum atomic E-state index is -0.157. The zero-order valence-electron chi connectivity index (χ0n) is 15.8. The first-order valence-electron chi connectivity index (χ1n) is 8.81. The van der Waals surface area contributed by atoms with Crippen LogP contribution in [0.1, 0.15) is 16.3 Å². The summed E-state index contributed by atoms with van der Waals surface area (Å²) < 4.78 is 1.56. The number of nitrogens with one attached hydrogen (secondary N) is 1. The number of hydrogen-bond donors (Lipinski definition) is 1. The molecule has 0 amide bonds. The summed E-state index contributed by atoms with van der Waals surface area (Å²) in [4.78, 5) is 39.2. The first-order chi connectivity index (χ1) is 13.9. The largest absolute Gasteiger partial charge is 0.309 e. The maximum atomic E-state index is 12.9. The van der Waals surface area contributed by atoms with Gasteiger partial charge in [-0.3, -0.25) is 14.2 Å². The summed E-state index contributed by atoms with van der Waals surface area (Å²) in [5, 5.41) is 2.18. The quantitative estimate of drug-likeness (QED) is 0.279. The second-order valence-electron chi connectivity index (χ2n) is 6.52. The molecule has 4 rings (SSSR count). The molecule has 3 heterocycles. The second kappa shape index (κ2) is 7.78. The molecule has 1 N–H and O–H groups in total. The molecule has 0 fully saturated rings. The average Bonchev–Trinajstić information content (AvgIpc) is 2.96. The highest BCUT2D eigenvalue weighted by Gasteiger charge is 2.15. The van der Waals surface area contributed by atoms with Crippen LogP contribution >= 0.6 is 34.7 Å². The minimum absolute atomic E-state index is 0.144. The van der Waals surface area contributed by atoms with Gasteiger partial charge >= 0.3 is 0 Å². The van der Waals surface area contributed by atoms with E-state index in [4.69, 9.17) is 11.6 Å². The number of aromatic amines is 1. The fourth-order valence-electron chi connectivity index (χ4n) is 3.07. The van der Waals surface area contributed by atoms with Crippen molar-refractivity contribution in [3.63, 3.8) is 0 Å². The van der Waals surface area contributed by atoms with Gasteiger partial charge in [0.2, 0.25) is 0 Å². The Balaban J connectivity index is 1.75. The molecule has 6 nitrogen and oxygen atoms in total. The van der Waals surface area contributed by atoms with Gasteiger partial charge in [-0.1, -0.05) is 29.4 Å². The van der Waals surface area contributed by atoms with Crippen molar-refractivity contribution < 1.29 is 0 Å². The fourth-order valence-corrected chi connectivity index (χ4v) is 5.17. The summed E-state index contributed by atoms with van der Waals surface area (Å²) in [6.07, 6.45) is 1.65. The summed E-state index contributed by atoms with van der Waals surface area (Å²) in [5.74, 6) is 0.913. The first kappa shape index (κ1) is 19.9. The molecule has 0 unspecified atom stereocenters. The summed E-state index contributed by atoms with van der Waals surface area (Å²) in [6, 6.07) is 5.02. The Morgan fingerprint density at radius 3 is 2.86 bits per heavy atom. The van der Waals surface area contributed by atoms with Crippen LogP contribution < -0.4 is 11.1 Å². The minimum Gasteiger partial charge on any atom is -0.309 e. The van der Waals surface area contributed by atoms with Crippen molar-refractivity contribution in [2.24, 2.45) is 0 Å². The zero-order chi connectivity index (χ0) is 20.7. The van der Waals surface area contributed by atoms with Crippen molar-refractivity contribution in [2.45, 2.75) is 31.3 Å². The van der Waals surface area contributed by atoms with E-state index in [0.29, 0.717) is 44.6 Å². The summed E-state index contributed by atoms with van der Waals surface area (Å²) in [6.45, 7) is 7.97. The van der Waals surface area contributed by atoms with E-state index in [9.17, 15) is 9.59 Å². The van der Waals surface area contributed by atoms with Gasteiger partial charge in [0.15, 0.2) is 5.16 Å². The number of fused-ring (bicyclic) bond motifs is 2. The van der Waals surface area contributed by atoms with Crippen LogP contribution in [0.2, 0.25) is 5.02 Å². The topological polar surface area (TPSA) is 80.6 Å². The third kappa shape index (κ3) is 3.63. The Morgan fingerprint density at radius 1 is 1.31 bits per heavy atom. The van der Waals surface area contributed by atoms with Crippen LogP contribution in [0.3, 0.4) is 0 Å². The Bertz CT molecular complexity index is 1390. The van der Waals surface area contributed by atoms with Crippen LogP contribution in [-0.4, -0.2) is 19.5 Å². The van der Waals surface area contributed by atoms with Crippen molar-refractivity contribution in [1.29, 1.82) is 0 Å². The predicted octanol–water partition coefficient (Wildman–Crippen LogP) is 4.44. The molecule has 0 saturated carbocycles. The molecule has 29 heavy (non-hydrogen) atoms. The fraction of sp³-hybridized carbons (Fsp3) is 0.200. The molecule has 0 atom stereocenters. The molecule has 0 spiro atoms. The normalized spacial score (nSPS) is 11.4. The van der Waals surface area contributed by atoms with Gasteiger partial charge < -0.3 is 4.98 Å². The number of nitrogens with zero attached hydrogens (tertiary/aromatic N) is 3. The van der Waals surface area contributed by atoms with Gasteiger partial charge in [-0.25, -0.2) is 9.97 Å². The van der Waals surface area contributed by atoms with Gasteiger partial charge in [0.1, 0.15) is 10.7 Å². The highest BCUT2D eigenvalue weighted by molar-refractivity contribution is 7.98. The van der Waals surface area contributed by atoms with Gasteiger partial charge in [-0.05, 0) is 37.6 Å². The Labute approximate surface area is 179 Å². The lowest BCUT2D eigenvalue weighted by atomic mass is 10.2. The number of H-pyrrole nitrogens is 1. The van der Waals surface area contributed by atoms with E-state index in [0.717, 1.165) is 15.3 Å². The van der Waals surface area contributed by atoms with E-state index in [2.05, 4.69) is 21.5 Å². The number of thiophene rings is 1. The van der Waals surface area contributed by atoms with Gasteiger partial charge in [0.05, 0.1) is 22.0 Å². The van der Waals surface area contributed by atoms with Crippen molar-refractivity contribution in [2.75, 3.05) is 0 Å². The summed E-state index contributed by atoms with van der Waals surface area (Å²) in [7, 11) is 0. The average molecular weight is 445 g/mol. The van der Waals surface area contributed by atoms with E-state index >= 15 is 0 Å². The van der Waals surface area contributed by atoms with Crippen LogP contribution in [0, 0.1) is 13.8 Å². The number of halogens is 1. The third-order valence-electron chi connectivity index (χ3n) is 4.62. The van der Waals surface area contributed by atoms with Gasteiger partial charge in [-0.2, -0.15) is 0 Å². The number of benzene rings is 1. The van der Waals surface area contributed by atoms with E-state index in [-0.39, 0.29) is 11.1 Å². The van der Waals surface area contributed by atoms with Gasteiger partial charge in [-0.15, -0.1) is 17.9 Å². The zero-order valence-corrected chi connectivity index (χ0v) is 18.2. The molecule has 0 aliphatic rings. The molecular formula is C20H17ClN4O2S2. The van der Waals surface area contributed by atoms with Crippen molar-refractivity contribution >= 4 is 55.8 Å². The summed E-state index contributed by atoms with van der Waals surface area (Å²) >= 11 is 8.91. The molecule has 1 aromatic carbocycles. The molecule has 0 bridgehead atoms. The molecule has 0 saturated heterocycles. The molecule has 3 aromatic heterocycles. The number of hydrogen-bond acceptors (Lipinski definition) is 6. The Morgan fingerprint density at radius 2 is 2.10 bits per heavy atom. The first-order valence-corrected chi connectivity index (χ1v) is 11.0. The van der Waals surface area contributed by atoms with Crippen LogP contribution in [0.15, 0.2) is 45.6 Å². The van der Waals surface area contributed by atoms with Crippen molar-refractivity contribution in [1.82, 2.24) is 19.5 Å². The monoisotopic (exact) mass is 444 g/mol. The molecule has 4 aromatic rings. The van der Waals surface area contributed by atoms with Crippen molar-refractivity contribution in [3.8, 4) is 0 Å². The lowest BCUT2D eigenvalue weighted by molar-refractivity contribution is 0.671. The summed E-state index contributed by atoms with van der Waals surface area (Å²) in [5.41, 5.74) is 1.20. The third-order valence-corrected chi connectivity index (χ3v) is 6.94. The number of aromatic nitrogens is 4. The number of allylic oxidation sites excluding steroid dienone is 1. The highest BCUT2D eigenvalue weighted by Crippen LogP contribution is 2.27. The Kier molecular flexibility index (Phi) is 5.33. The predicted molar refractivity (Wildman–Crippen MR) is 120 cm³/mol. The van der Waals surface area contributed by atoms with E-state index in [1.165, 1.54) is 23.1 Å². The SMILES string of the molecule is C=CCn1c(SCc2nc3sc(C)c(C)c3c(=O)[nH]2)nc2cc(Cl)ccc2c1=O. The van der Waals surface area contributed by atoms with Crippen LogP contribution in [0.5, 0.6) is 0 Å². The van der Waals surface area contributed by atoms with Gasteiger partial charge in [0, 0.05) is 16.4 Å². The van der Waals surface area contributed by atoms with E-state index < -0.39 is 0 Å². The van der Waals surface area contributed by atoms with Crippen LogP contribution in [-0.2, 0) is 12.3 Å². The standard InChI is InChI=1S/C20H17ClN4O2S2/c1-4-7-25-19(27)13-6-5-12(21)8-14(13)22-20(25)28-9-15-23-17(26)16-10(2)11(3)29-18(16)24-15/h4-6,8H,1,7,9H2,2-3H3,(H,23,24,26). The molecule has 148 valence electrons. The van der Waals surface area contributed by atoms with Crippen LogP contribution in [0.4, 0.5) is 0 Å². The number of rotatable bonds is 5. The van der Waals surface area contributed by atoms with Crippen LogP contribution in [0.25, 0.3) is 21.1 Å². The maximum absolute atomic E-state index is 12.9. The molecule has 0 aliphatic heterocycles. The number of thioether (sulfide) groups is 1. The van der Waals surface area contributed by atoms with Gasteiger partial charge in [0.25, 0.3) is 11.1 Å². The second-order valence-corrected chi connectivity index (χ2v) is 9.11. The molecule has 9 heteroatoms. The lowest BCUT2D eigenvalue weighted by Gasteiger charge is -2.11. The van der Waals surface area contributed by atoms with E-state index in [1.54, 1.807) is 28.8 Å². The lowest BCUT2D eigenvalue weighted by Crippen LogP contribution is -2.23. The molecule has 0 aliphatic carbocycles. The Hall–Kier alpha value is -2.42. The molecule has 0 radical (unpaired) electrons. The smallest absolute Gasteiger partial charge is 0.262 e. The highest BCUT2D eigenvalue weighted by atomic mass is 35.5.